The van der Waals surface area contributed by atoms with Gasteiger partial charge in [-0.05, 0) is 18.2 Å². The fourth-order valence-electron chi connectivity index (χ4n) is 2.32. The Bertz CT molecular complexity index is 506. The highest BCUT2D eigenvalue weighted by Gasteiger charge is 2.23. The Labute approximate surface area is 119 Å². The summed E-state index contributed by atoms with van der Waals surface area (Å²) < 4.78 is 0. The van der Waals surface area contributed by atoms with Gasteiger partial charge in [-0.1, -0.05) is 6.07 Å². The van der Waals surface area contributed by atoms with Crippen molar-refractivity contribution in [1.82, 2.24) is 9.80 Å². The quantitative estimate of drug-likeness (QED) is 0.810. The lowest BCUT2D eigenvalue weighted by molar-refractivity contribution is -0.130. The molecule has 1 aromatic carbocycles. The van der Waals surface area contributed by atoms with Crippen molar-refractivity contribution in [2.75, 3.05) is 45.2 Å². The predicted octanol–water partition coefficient (Wildman–Crippen LogP) is 1.06. The molecule has 0 aliphatic carbocycles. The van der Waals surface area contributed by atoms with Crippen LogP contribution in [0, 0.1) is 0 Å². The van der Waals surface area contributed by atoms with E-state index >= 15 is 0 Å². The molecule has 1 aliphatic rings. The van der Waals surface area contributed by atoms with Gasteiger partial charge in [0.2, 0.25) is 5.91 Å². The molecule has 1 heterocycles. The molecule has 0 aromatic heterocycles. The van der Waals surface area contributed by atoms with Crippen molar-refractivity contribution in [3.05, 3.63) is 29.8 Å². The standard InChI is InChI=1S/C15H21N3O2/c1-12(19)17-7-9-18(10-8-17)15(20)13-5-4-6-14(11-13)16(2)3/h4-6,11H,7-10H2,1-3H3. The second kappa shape index (κ2) is 5.94. The van der Waals surface area contributed by atoms with Crippen LogP contribution < -0.4 is 4.90 Å². The summed E-state index contributed by atoms with van der Waals surface area (Å²) in [5.74, 6) is 0.114. The molecule has 0 bridgehead atoms. The molecule has 2 rings (SSSR count). The van der Waals surface area contributed by atoms with Crippen molar-refractivity contribution >= 4 is 17.5 Å². The van der Waals surface area contributed by atoms with E-state index < -0.39 is 0 Å². The summed E-state index contributed by atoms with van der Waals surface area (Å²) in [6, 6.07) is 7.62. The van der Waals surface area contributed by atoms with Crippen LogP contribution in [0.15, 0.2) is 24.3 Å². The molecule has 5 nitrogen and oxygen atoms in total. The number of benzene rings is 1. The molecule has 1 aromatic rings. The molecule has 0 spiro atoms. The monoisotopic (exact) mass is 275 g/mol. The van der Waals surface area contributed by atoms with Crippen LogP contribution in [0.1, 0.15) is 17.3 Å². The number of piperazine rings is 1. The van der Waals surface area contributed by atoms with E-state index in [2.05, 4.69) is 0 Å². The molecule has 108 valence electrons. The van der Waals surface area contributed by atoms with Gasteiger partial charge in [-0.3, -0.25) is 9.59 Å². The number of amides is 2. The van der Waals surface area contributed by atoms with Crippen molar-refractivity contribution in [1.29, 1.82) is 0 Å². The molecule has 0 radical (unpaired) electrons. The number of hydrogen-bond donors (Lipinski definition) is 0. The number of hydrogen-bond acceptors (Lipinski definition) is 3. The predicted molar refractivity (Wildman–Crippen MR) is 78.9 cm³/mol. The number of rotatable bonds is 2. The summed E-state index contributed by atoms with van der Waals surface area (Å²) in [5, 5.41) is 0. The number of anilines is 1. The highest BCUT2D eigenvalue weighted by atomic mass is 16.2. The zero-order valence-corrected chi connectivity index (χ0v) is 12.3. The van der Waals surface area contributed by atoms with Gasteiger partial charge in [0.15, 0.2) is 0 Å². The topological polar surface area (TPSA) is 43.9 Å². The van der Waals surface area contributed by atoms with Gasteiger partial charge in [-0.2, -0.15) is 0 Å². The molecule has 0 saturated carbocycles. The summed E-state index contributed by atoms with van der Waals surface area (Å²) in [5.41, 5.74) is 1.71. The van der Waals surface area contributed by atoms with Crippen LogP contribution in [-0.2, 0) is 4.79 Å². The van der Waals surface area contributed by atoms with E-state index in [0.717, 1.165) is 5.69 Å². The molecule has 2 amide bonds. The van der Waals surface area contributed by atoms with E-state index in [4.69, 9.17) is 0 Å². The SMILES string of the molecule is CC(=O)N1CCN(C(=O)c2cccc(N(C)C)c2)CC1. The Morgan fingerprint density at radius 3 is 2.20 bits per heavy atom. The van der Waals surface area contributed by atoms with Gasteiger partial charge >= 0.3 is 0 Å². The Balaban J connectivity index is 2.05. The molecule has 0 unspecified atom stereocenters. The van der Waals surface area contributed by atoms with Crippen LogP contribution in [0.2, 0.25) is 0 Å². The van der Waals surface area contributed by atoms with Gasteiger partial charge in [-0.15, -0.1) is 0 Å². The second-order valence-electron chi connectivity index (χ2n) is 5.24. The van der Waals surface area contributed by atoms with Crippen molar-refractivity contribution in [3.63, 3.8) is 0 Å². The molecule has 1 aliphatic heterocycles. The van der Waals surface area contributed by atoms with Crippen LogP contribution in [-0.4, -0.2) is 61.9 Å². The van der Waals surface area contributed by atoms with E-state index in [9.17, 15) is 9.59 Å². The van der Waals surface area contributed by atoms with Crippen LogP contribution in [0.5, 0.6) is 0 Å². The van der Waals surface area contributed by atoms with E-state index in [-0.39, 0.29) is 11.8 Å². The zero-order chi connectivity index (χ0) is 14.7. The van der Waals surface area contributed by atoms with E-state index in [1.807, 2.05) is 48.2 Å². The van der Waals surface area contributed by atoms with Gasteiger partial charge in [0, 0.05) is 58.4 Å². The lowest BCUT2D eigenvalue weighted by Crippen LogP contribution is -2.50. The highest BCUT2D eigenvalue weighted by Crippen LogP contribution is 2.16. The third-order valence-electron chi connectivity index (χ3n) is 3.62. The lowest BCUT2D eigenvalue weighted by Gasteiger charge is -2.34. The van der Waals surface area contributed by atoms with E-state index in [1.54, 1.807) is 11.8 Å². The third kappa shape index (κ3) is 3.10. The summed E-state index contributed by atoms with van der Waals surface area (Å²) in [6.45, 7) is 4.01. The normalized spacial score (nSPS) is 15.2. The van der Waals surface area contributed by atoms with Crippen molar-refractivity contribution in [2.45, 2.75) is 6.92 Å². The first-order valence-corrected chi connectivity index (χ1v) is 6.81. The molecular weight excluding hydrogens is 254 g/mol. The minimum atomic E-state index is 0.0388. The first-order valence-electron chi connectivity index (χ1n) is 6.81. The largest absolute Gasteiger partial charge is 0.378 e. The Kier molecular flexibility index (Phi) is 4.27. The minimum Gasteiger partial charge on any atom is -0.378 e. The van der Waals surface area contributed by atoms with Gasteiger partial charge in [0.05, 0.1) is 0 Å². The first-order chi connectivity index (χ1) is 9.49. The fourth-order valence-corrected chi connectivity index (χ4v) is 2.32. The Hall–Kier alpha value is -2.04. The maximum atomic E-state index is 12.5. The lowest BCUT2D eigenvalue weighted by atomic mass is 10.1. The molecule has 0 N–H and O–H groups in total. The van der Waals surface area contributed by atoms with Crippen LogP contribution >= 0.6 is 0 Å². The van der Waals surface area contributed by atoms with Crippen LogP contribution in [0.3, 0.4) is 0 Å². The van der Waals surface area contributed by atoms with Crippen LogP contribution in [0.4, 0.5) is 5.69 Å². The van der Waals surface area contributed by atoms with Crippen molar-refractivity contribution < 1.29 is 9.59 Å². The summed E-state index contributed by atoms with van der Waals surface area (Å²) in [4.78, 5) is 29.3. The average Bonchev–Trinajstić information content (AvgIpc) is 2.46. The average molecular weight is 275 g/mol. The maximum absolute atomic E-state index is 12.5. The second-order valence-corrected chi connectivity index (χ2v) is 5.24. The molecule has 1 fully saturated rings. The first kappa shape index (κ1) is 14.4. The molecular formula is C15H21N3O2. The van der Waals surface area contributed by atoms with Gasteiger partial charge < -0.3 is 14.7 Å². The van der Waals surface area contributed by atoms with Crippen molar-refractivity contribution in [3.8, 4) is 0 Å². The van der Waals surface area contributed by atoms with E-state index in [0.29, 0.717) is 31.7 Å². The minimum absolute atomic E-state index is 0.0388. The van der Waals surface area contributed by atoms with Crippen molar-refractivity contribution in [2.24, 2.45) is 0 Å². The fraction of sp³-hybridized carbons (Fsp3) is 0.467. The zero-order valence-electron chi connectivity index (χ0n) is 12.3. The summed E-state index contributed by atoms with van der Waals surface area (Å²) >= 11 is 0. The maximum Gasteiger partial charge on any atom is 0.254 e. The van der Waals surface area contributed by atoms with E-state index in [1.165, 1.54) is 0 Å². The molecule has 1 saturated heterocycles. The number of carbonyl (C=O) groups excluding carboxylic acids is 2. The molecule has 20 heavy (non-hydrogen) atoms. The number of nitrogens with zero attached hydrogens (tertiary/aromatic N) is 3. The smallest absolute Gasteiger partial charge is 0.254 e. The summed E-state index contributed by atoms with van der Waals surface area (Å²) in [7, 11) is 3.91. The number of carbonyl (C=O) groups is 2. The third-order valence-corrected chi connectivity index (χ3v) is 3.62. The van der Waals surface area contributed by atoms with Gasteiger partial charge in [0.25, 0.3) is 5.91 Å². The van der Waals surface area contributed by atoms with Crippen LogP contribution in [0.25, 0.3) is 0 Å². The van der Waals surface area contributed by atoms with Gasteiger partial charge in [-0.25, -0.2) is 0 Å². The highest BCUT2D eigenvalue weighted by molar-refractivity contribution is 5.95. The Morgan fingerprint density at radius 1 is 1.05 bits per heavy atom. The summed E-state index contributed by atoms with van der Waals surface area (Å²) in [6.07, 6.45) is 0. The molecule has 0 atom stereocenters. The Morgan fingerprint density at radius 2 is 1.65 bits per heavy atom. The van der Waals surface area contributed by atoms with Gasteiger partial charge in [0.1, 0.15) is 0 Å². The molecule has 5 heteroatoms.